The van der Waals surface area contributed by atoms with Crippen LogP contribution in [0.2, 0.25) is 0 Å². The molecule has 0 aromatic rings. The highest BCUT2D eigenvalue weighted by atomic mass is 32.2. The molecule has 1 heterocycles. The summed E-state index contributed by atoms with van der Waals surface area (Å²) < 4.78 is 29.0. The largest absolute Gasteiger partial charge is 0.279 e. The van der Waals surface area contributed by atoms with E-state index in [1.807, 2.05) is 0 Å². The van der Waals surface area contributed by atoms with Crippen LogP contribution < -0.4 is 4.72 Å². The summed E-state index contributed by atoms with van der Waals surface area (Å²) in [6.07, 6.45) is 7.46. The predicted molar refractivity (Wildman–Crippen MR) is 82.7 cm³/mol. The Morgan fingerprint density at radius 1 is 1.10 bits per heavy atom. The van der Waals surface area contributed by atoms with Crippen LogP contribution in [-0.2, 0) is 10.2 Å². The van der Waals surface area contributed by atoms with Gasteiger partial charge in [-0.1, -0.05) is 27.2 Å². The zero-order valence-electron chi connectivity index (χ0n) is 13.2. The maximum absolute atomic E-state index is 12.3. The van der Waals surface area contributed by atoms with E-state index in [-0.39, 0.29) is 6.04 Å². The van der Waals surface area contributed by atoms with Crippen molar-refractivity contribution in [3.63, 3.8) is 0 Å². The SMILES string of the molecule is CCC(C)(C)C1CCC(NS(=O)(=O)N2CCCC2)CC1. The molecule has 1 saturated heterocycles. The quantitative estimate of drug-likeness (QED) is 0.849. The zero-order valence-corrected chi connectivity index (χ0v) is 14.0. The predicted octanol–water partition coefficient (Wildman–Crippen LogP) is 2.91. The van der Waals surface area contributed by atoms with Crippen LogP contribution >= 0.6 is 0 Å². The van der Waals surface area contributed by atoms with Crippen LogP contribution in [0.15, 0.2) is 0 Å². The maximum atomic E-state index is 12.3. The molecule has 0 aromatic carbocycles. The van der Waals surface area contributed by atoms with Crippen LogP contribution in [0.4, 0.5) is 0 Å². The van der Waals surface area contributed by atoms with Crippen molar-refractivity contribution in [1.29, 1.82) is 0 Å². The fourth-order valence-corrected chi connectivity index (χ4v) is 5.04. The highest BCUT2D eigenvalue weighted by molar-refractivity contribution is 7.87. The molecule has 5 heteroatoms. The smallest absolute Gasteiger partial charge is 0.199 e. The van der Waals surface area contributed by atoms with Crippen LogP contribution in [0.1, 0.15) is 65.7 Å². The Bertz CT molecular complexity index is 406. The van der Waals surface area contributed by atoms with Gasteiger partial charge in [0.15, 0.2) is 0 Å². The number of hydrogen-bond acceptors (Lipinski definition) is 2. The summed E-state index contributed by atoms with van der Waals surface area (Å²) in [6, 6.07) is 0.143. The Hall–Kier alpha value is -0.130. The van der Waals surface area contributed by atoms with Crippen molar-refractivity contribution in [3.05, 3.63) is 0 Å². The molecule has 2 aliphatic rings. The van der Waals surface area contributed by atoms with Crippen molar-refractivity contribution < 1.29 is 8.42 Å². The minimum atomic E-state index is -3.23. The summed E-state index contributed by atoms with van der Waals surface area (Å²) in [5.41, 5.74) is 0.388. The van der Waals surface area contributed by atoms with E-state index in [4.69, 9.17) is 0 Å². The van der Waals surface area contributed by atoms with Crippen molar-refractivity contribution in [2.45, 2.75) is 71.8 Å². The molecule has 118 valence electrons. The number of rotatable bonds is 5. The topological polar surface area (TPSA) is 49.4 Å². The molecule has 2 rings (SSSR count). The number of nitrogens with zero attached hydrogens (tertiary/aromatic N) is 1. The second-order valence-corrected chi connectivity index (χ2v) is 8.82. The fraction of sp³-hybridized carbons (Fsp3) is 1.00. The van der Waals surface area contributed by atoms with Gasteiger partial charge in [-0.25, -0.2) is 0 Å². The second-order valence-electron chi connectivity index (χ2n) is 7.12. The molecular weight excluding hydrogens is 272 g/mol. The van der Waals surface area contributed by atoms with E-state index in [0.717, 1.165) is 44.4 Å². The molecule has 0 unspecified atom stereocenters. The molecule has 0 spiro atoms. The monoisotopic (exact) mass is 302 g/mol. The van der Waals surface area contributed by atoms with Crippen LogP contribution in [0.3, 0.4) is 0 Å². The maximum Gasteiger partial charge on any atom is 0.279 e. The molecule has 20 heavy (non-hydrogen) atoms. The van der Waals surface area contributed by atoms with E-state index >= 15 is 0 Å². The molecule has 0 amide bonds. The molecule has 0 atom stereocenters. The van der Waals surface area contributed by atoms with Gasteiger partial charge in [-0.15, -0.1) is 0 Å². The lowest BCUT2D eigenvalue weighted by Crippen LogP contribution is -2.46. The van der Waals surface area contributed by atoms with Gasteiger partial charge in [-0.3, -0.25) is 0 Å². The minimum Gasteiger partial charge on any atom is -0.199 e. The number of hydrogen-bond donors (Lipinski definition) is 1. The summed E-state index contributed by atoms with van der Waals surface area (Å²) in [6.45, 7) is 8.31. The summed E-state index contributed by atoms with van der Waals surface area (Å²) in [5.74, 6) is 0.736. The normalized spacial score (nSPS) is 29.8. The highest BCUT2D eigenvalue weighted by Crippen LogP contribution is 2.40. The van der Waals surface area contributed by atoms with Gasteiger partial charge in [0.05, 0.1) is 0 Å². The van der Waals surface area contributed by atoms with E-state index in [1.54, 1.807) is 4.31 Å². The lowest BCUT2D eigenvalue weighted by molar-refractivity contribution is 0.141. The first-order valence-corrected chi connectivity index (χ1v) is 9.56. The minimum absolute atomic E-state index is 0.143. The molecule has 4 nitrogen and oxygen atoms in total. The standard InChI is InChI=1S/C15H30N2O2S/c1-4-15(2,3)13-7-9-14(10-8-13)16-20(18,19)17-11-5-6-12-17/h13-14,16H,4-12H2,1-3H3. The molecule has 0 radical (unpaired) electrons. The first-order valence-electron chi connectivity index (χ1n) is 8.12. The van der Waals surface area contributed by atoms with Crippen LogP contribution in [0, 0.1) is 11.3 Å². The average molecular weight is 302 g/mol. The van der Waals surface area contributed by atoms with E-state index in [1.165, 1.54) is 6.42 Å². The molecule has 0 aromatic heterocycles. The third-order valence-electron chi connectivity index (χ3n) is 5.46. The van der Waals surface area contributed by atoms with Crippen LogP contribution in [0.25, 0.3) is 0 Å². The van der Waals surface area contributed by atoms with Gasteiger partial charge in [-0.05, 0) is 49.9 Å². The summed E-state index contributed by atoms with van der Waals surface area (Å²) in [4.78, 5) is 0. The molecule has 1 aliphatic heterocycles. The third kappa shape index (κ3) is 3.74. The Balaban J connectivity index is 1.85. The first-order chi connectivity index (χ1) is 9.35. The Kier molecular flexibility index (Phi) is 5.14. The number of nitrogens with one attached hydrogen (secondary N) is 1. The van der Waals surface area contributed by atoms with Crippen LogP contribution in [0.5, 0.6) is 0 Å². The third-order valence-corrected chi connectivity index (χ3v) is 7.14. The Morgan fingerprint density at radius 2 is 1.65 bits per heavy atom. The molecule has 0 bridgehead atoms. The molecule has 1 aliphatic carbocycles. The van der Waals surface area contributed by atoms with Crippen molar-refractivity contribution >= 4 is 10.2 Å². The van der Waals surface area contributed by atoms with Crippen LogP contribution in [-0.4, -0.2) is 31.9 Å². The molecule has 1 N–H and O–H groups in total. The first kappa shape index (κ1) is 16.2. The van der Waals surface area contributed by atoms with Crippen molar-refractivity contribution in [2.75, 3.05) is 13.1 Å². The van der Waals surface area contributed by atoms with Gasteiger partial charge < -0.3 is 0 Å². The van der Waals surface area contributed by atoms with Gasteiger partial charge in [0.2, 0.25) is 0 Å². The van der Waals surface area contributed by atoms with E-state index < -0.39 is 10.2 Å². The second kappa shape index (κ2) is 6.32. The summed E-state index contributed by atoms with van der Waals surface area (Å²) in [5, 5.41) is 0. The lowest BCUT2D eigenvalue weighted by atomic mass is 9.69. The summed E-state index contributed by atoms with van der Waals surface area (Å²) in [7, 11) is -3.23. The average Bonchev–Trinajstić information content (AvgIpc) is 2.93. The molecular formula is C15H30N2O2S. The van der Waals surface area contributed by atoms with Crippen molar-refractivity contribution in [2.24, 2.45) is 11.3 Å². The highest BCUT2D eigenvalue weighted by Gasteiger charge is 2.34. The van der Waals surface area contributed by atoms with Gasteiger partial charge >= 0.3 is 0 Å². The van der Waals surface area contributed by atoms with Gasteiger partial charge in [-0.2, -0.15) is 17.4 Å². The van der Waals surface area contributed by atoms with Crippen molar-refractivity contribution in [1.82, 2.24) is 9.03 Å². The van der Waals surface area contributed by atoms with E-state index in [2.05, 4.69) is 25.5 Å². The van der Waals surface area contributed by atoms with Crippen molar-refractivity contribution in [3.8, 4) is 0 Å². The molecule has 1 saturated carbocycles. The van der Waals surface area contributed by atoms with Gasteiger partial charge in [0.25, 0.3) is 10.2 Å². The van der Waals surface area contributed by atoms with E-state index in [9.17, 15) is 8.42 Å². The van der Waals surface area contributed by atoms with Gasteiger partial charge in [0.1, 0.15) is 0 Å². The zero-order chi connectivity index (χ0) is 14.8. The fourth-order valence-electron chi connectivity index (χ4n) is 3.50. The van der Waals surface area contributed by atoms with Gasteiger partial charge in [0, 0.05) is 19.1 Å². The summed E-state index contributed by atoms with van der Waals surface area (Å²) >= 11 is 0. The lowest BCUT2D eigenvalue weighted by Gasteiger charge is -2.39. The molecule has 2 fully saturated rings. The van der Waals surface area contributed by atoms with E-state index in [0.29, 0.717) is 18.5 Å². The Morgan fingerprint density at radius 3 is 2.15 bits per heavy atom. The Labute approximate surface area is 124 Å².